The average molecular weight is 531 g/mol. The van der Waals surface area contributed by atoms with Crippen molar-refractivity contribution < 1.29 is 9.59 Å². The SMILES string of the molecule is CC(=O)Sc1ccc(C#Cc2ccc(N=Nc3ccc(C#Cc4ccc(SC(C)=O)cc4)cc3)cc2)cc1. The summed E-state index contributed by atoms with van der Waals surface area (Å²) >= 11 is 2.42. The van der Waals surface area contributed by atoms with Gasteiger partial charge in [0.15, 0.2) is 10.2 Å². The summed E-state index contributed by atoms with van der Waals surface area (Å²) < 4.78 is 0. The Morgan fingerprint density at radius 3 is 1.00 bits per heavy atom. The predicted molar refractivity (Wildman–Crippen MR) is 155 cm³/mol. The zero-order valence-electron chi connectivity index (χ0n) is 20.8. The molecule has 4 aromatic carbocycles. The van der Waals surface area contributed by atoms with Crippen LogP contribution >= 0.6 is 23.5 Å². The maximum absolute atomic E-state index is 11.2. The van der Waals surface area contributed by atoms with E-state index >= 15 is 0 Å². The van der Waals surface area contributed by atoms with Gasteiger partial charge in [-0.2, -0.15) is 10.2 Å². The summed E-state index contributed by atoms with van der Waals surface area (Å²) in [4.78, 5) is 24.2. The van der Waals surface area contributed by atoms with Gasteiger partial charge in [-0.25, -0.2) is 0 Å². The number of rotatable bonds is 4. The van der Waals surface area contributed by atoms with Gasteiger partial charge in [0.25, 0.3) is 0 Å². The van der Waals surface area contributed by atoms with E-state index in [4.69, 9.17) is 0 Å². The van der Waals surface area contributed by atoms with Crippen LogP contribution in [0.2, 0.25) is 0 Å². The number of hydrogen-bond acceptors (Lipinski definition) is 6. The van der Waals surface area contributed by atoms with Crippen molar-refractivity contribution in [2.45, 2.75) is 23.6 Å². The maximum Gasteiger partial charge on any atom is 0.190 e. The highest BCUT2D eigenvalue weighted by Gasteiger charge is 1.99. The molecule has 6 heteroatoms. The molecule has 184 valence electrons. The minimum Gasteiger partial charge on any atom is -0.287 e. The number of carbonyl (C=O) groups is 2. The van der Waals surface area contributed by atoms with Crippen LogP contribution in [-0.2, 0) is 9.59 Å². The van der Waals surface area contributed by atoms with Crippen LogP contribution in [0.4, 0.5) is 11.4 Å². The molecule has 0 aliphatic heterocycles. The lowest BCUT2D eigenvalue weighted by molar-refractivity contribution is -0.109. The Bertz CT molecular complexity index is 1460. The minimum atomic E-state index is 0.0631. The number of hydrogen-bond donors (Lipinski definition) is 0. The summed E-state index contributed by atoms with van der Waals surface area (Å²) in [7, 11) is 0. The predicted octanol–water partition coefficient (Wildman–Crippen LogP) is 8.18. The maximum atomic E-state index is 11.2. The standard InChI is InChI=1S/C32H22N2O2S2/c1-23(35)37-31-19-11-27(12-20-31)5-3-25-7-15-29(16-8-25)33-34-30-17-9-26(10-18-30)4-6-28-13-21-32(22-14-28)38-24(2)36/h7-22H,1-2H3. The minimum absolute atomic E-state index is 0.0631. The van der Waals surface area contributed by atoms with Gasteiger partial charge in [0.05, 0.1) is 11.4 Å². The Morgan fingerprint density at radius 2 is 0.737 bits per heavy atom. The molecule has 0 aliphatic carbocycles. The number of benzene rings is 4. The van der Waals surface area contributed by atoms with Crippen LogP contribution in [0.3, 0.4) is 0 Å². The summed E-state index contributed by atoms with van der Waals surface area (Å²) in [6.07, 6.45) is 0. The Morgan fingerprint density at radius 1 is 0.474 bits per heavy atom. The zero-order chi connectivity index (χ0) is 26.7. The van der Waals surface area contributed by atoms with E-state index in [1.807, 2.05) is 97.1 Å². The van der Waals surface area contributed by atoms with Gasteiger partial charge >= 0.3 is 0 Å². The van der Waals surface area contributed by atoms with Crippen LogP contribution in [0.15, 0.2) is 117 Å². The normalized spacial score (nSPS) is 10.3. The summed E-state index contributed by atoms with van der Waals surface area (Å²) in [6.45, 7) is 3.10. The number of nitrogens with zero attached hydrogens (tertiary/aromatic N) is 2. The van der Waals surface area contributed by atoms with Gasteiger partial charge in [0.2, 0.25) is 0 Å². The van der Waals surface area contributed by atoms with Crippen molar-refractivity contribution in [3.05, 3.63) is 119 Å². The van der Waals surface area contributed by atoms with E-state index in [-0.39, 0.29) is 10.2 Å². The molecule has 0 saturated carbocycles. The highest BCUT2D eigenvalue weighted by atomic mass is 32.2. The molecule has 0 aliphatic rings. The Balaban J connectivity index is 1.33. The van der Waals surface area contributed by atoms with Gasteiger partial charge in [0.1, 0.15) is 0 Å². The van der Waals surface area contributed by atoms with Crippen molar-refractivity contribution in [3.8, 4) is 23.7 Å². The smallest absolute Gasteiger partial charge is 0.190 e. The Labute approximate surface area is 231 Å². The van der Waals surface area contributed by atoms with Crippen LogP contribution in [0.25, 0.3) is 0 Å². The molecule has 4 nitrogen and oxygen atoms in total. The third-order valence-corrected chi connectivity index (χ3v) is 6.54. The first-order valence-electron chi connectivity index (χ1n) is 11.7. The fourth-order valence-electron chi connectivity index (χ4n) is 3.17. The van der Waals surface area contributed by atoms with Crippen LogP contribution < -0.4 is 0 Å². The highest BCUT2D eigenvalue weighted by molar-refractivity contribution is 8.13. The molecule has 4 rings (SSSR count). The Hall–Kier alpha value is -4.36. The molecule has 0 N–H and O–H groups in total. The second kappa shape index (κ2) is 13.3. The van der Waals surface area contributed by atoms with Gasteiger partial charge in [-0.3, -0.25) is 9.59 Å². The summed E-state index contributed by atoms with van der Waals surface area (Å²) in [6, 6.07) is 30.4. The summed E-state index contributed by atoms with van der Waals surface area (Å²) in [5, 5.41) is 8.74. The first-order valence-corrected chi connectivity index (χ1v) is 13.3. The molecule has 0 radical (unpaired) electrons. The van der Waals surface area contributed by atoms with E-state index in [1.165, 1.54) is 23.5 Å². The lowest BCUT2D eigenvalue weighted by Crippen LogP contribution is -1.81. The van der Waals surface area contributed by atoms with E-state index in [2.05, 4.69) is 33.9 Å². The molecule has 0 fully saturated rings. The molecule has 0 bridgehead atoms. The largest absolute Gasteiger partial charge is 0.287 e. The van der Waals surface area contributed by atoms with Gasteiger partial charge in [-0.05, 0) is 97.1 Å². The lowest BCUT2D eigenvalue weighted by Gasteiger charge is -1.97. The first-order chi connectivity index (χ1) is 18.4. The van der Waals surface area contributed by atoms with E-state index in [0.29, 0.717) is 0 Å². The van der Waals surface area contributed by atoms with Gasteiger partial charge in [-0.1, -0.05) is 47.2 Å². The first kappa shape index (κ1) is 26.7. The summed E-state index contributed by atoms with van der Waals surface area (Å²) in [5.41, 5.74) is 4.99. The molecule has 0 heterocycles. The van der Waals surface area contributed by atoms with Gasteiger partial charge in [-0.15, -0.1) is 0 Å². The number of thioether (sulfide) groups is 2. The van der Waals surface area contributed by atoms with E-state index in [1.54, 1.807) is 13.8 Å². The second-order valence-electron chi connectivity index (χ2n) is 8.03. The van der Waals surface area contributed by atoms with Crippen molar-refractivity contribution in [3.63, 3.8) is 0 Å². The van der Waals surface area contributed by atoms with E-state index in [9.17, 15) is 9.59 Å². The molecular weight excluding hydrogens is 508 g/mol. The molecule has 38 heavy (non-hydrogen) atoms. The molecule has 0 aromatic heterocycles. The molecular formula is C32H22N2O2S2. The fourth-order valence-corrected chi connectivity index (χ4v) is 4.38. The lowest BCUT2D eigenvalue weighted by atomic mass is 10.1. The van der Waals surface area contributed by atoms with Crippen molar-refractivity contribution in [1.29, 1.82) is 0 Å². The monoisotopic (exact) mass is 530 g/mol. The molecule has 0 saturated heterocycles. The Kier molecular flexibility index (Phi) is 9.32. The van der Waals surface area contributed by atoms with Crippen LogP contribution in [-0.4, -0.2) is 10.2 Å². The third kappa shape index (κ3) is 8.64. The second-order valence-corrected chi connectivity index (χ2v) is 10.5. The third-order valence-electron chi connectivity index (χ3n) is 4.95. The topological polar surface area (TPSA) is 58.9 Å². The molecule has 0 amide bonds. The summed E-state index contributed by atoms with van der Waals surface area (Å²) in [5.74, 6) is 12.5. The number of carbonyl (C=O) groups excluding carboxylic acids is 2. The highest BCUT2D eigenvalue weighted by Crippen LogP contribution is 2.21. The van der Waals surface area contributed by atoms with Crippen LogP contribution in [0, 0.1) is 23.7 Å². The molecule has 0 spiro atoms. The van der Waals surface area contributed by atoms with Crippen LogP contribution in [0.5, 0.6) is 0 Å². The van der Waals surface area contributed by atoms with Crippen LogP contribution in [0.1, 0.15) is 36.1 Å². The fraction of sp³-hybridized carbons (Fsp3) is 0.0625. The number of azo groups is 1. The van der Waals surface area contributed by atoms with Crippen molar-refractivity contribution in [1.82, 2.24) is 0 Å². The van der Waals surface area contributed by atoms with Gasteiger partial charge < -0.3 is 0 Å². The molecule has 0 unspecified atom stereocenters. The quantitative estimate of drug-likeness (QED) is 0.152. The molecule has 0 atom stereocenters. The van der Waals surface area contributed by atoms with Crippen molar-refractivity contribution in [2.24, 2.45) is 10.2 Å². The average Bonchev–Trinajstić information content (AvgIpc) is 2.92. The van der Waals surface area contributed by atoms with Crippen molar-refractivity contribution in [2.75, 3.05) is 0 Å². The van der Waals surface area contributed by atoms with Gasteiger partial charge in [0, 0.05) is 45.9 Å². The molecule has 4 aromatic rings. The van der Waals surface area contributed by atoms with E-state index < -0.39 is 0 Å². The zero-order valence-corrected chi connectivity index (χ0v) is 22.4. The van der Waals surface area contributed by atoms with E-state index in [0.717, 1.165) is 43.4 Å². The van der Waals surface area contributed by atoms with Crippen molar-refractivity contribution >= 4 is 45.1 Å².